The topological polar surface area (TPSA) is 71.4 Å². The molecule has 9 aromatic rings. The van der Waals surface area contributed by atoms with Gasteiger partial charge >= 0.3 is 0 Å². The molecule has 0 saturated carbocycles. The number of carbonyl (C=O) groups is 3. The first-order chi connectivity index (χ1) is 30.9. The molecule has 296 valence electrons. The normalized spacial score (nSPS) is 16.4. The molecule has 3 aliphatic carbocycles. The molecule has 1 unspecified atom stereocenters. The summed E-state index contributed by atoms with van der Waals surface area (Å²) >= 11 is 0. The fraction of sp³-hybridized carbons (Fsp3) is 0.0339. The fourth-order valence-electron chi connectivity index (χ4n) is 10.3. The van der Waals surface area contributed by atoms with Crippen LogP contribution in [-0.4, -0.2) is 22.5 Å². The highest BCUT2D eigenvalue weighted by Crippen LogP contribution is 2.57. The predicted molar refractivity (Wildman–Crippen MR) is 251 cm³/mol. The number of aliphatic hydroxyl groups is 1. The number of carbonyl (C=O) groups excluding carboxylic acids is 3. The van der Waals surface area contributed by atoms with E-state index in [2.05, 4.69) is 91.0 Å². The summed E-state index contributed by atoms with van der Waals surface area (Å²) in [6.45, 7) is 0. The highest BCUT2D eigenvalue weighted by molar-refractivity contribution is 6.42. The molecule has 0 radical (unpaired) electrons. The molecular formula is C59H36O4. The van der Waals surface area contributed by atoms with Crippen LogP contribution in [0.4, 0.5) is 0 Å². The zero-order valence-corrected chi connectivity index (χ0v) is 33.9. The van der Waals surface area contributed by atoms with E-state index in [0.29, 0.717) is 27.8 Å². The van der Waals surface area contributed by atoms with Crippen molar-refractivity contribution >= 4 is 51.0 Å². The Labute approximate surface area is 363 Å². The Morgan fingerprint density at radius 1 is 0.397 bits per heavy atom. The zero-order valence-electron chi connectivity index (χ0n) is 33.9. The smallest absolute Gasteiger partial charge is 0.197 e. The van der Waals surface area contributed by atoms with Gasteiger partial charge in [-0.2, -0.15) is 0 Å². The molecule has 1 N–H and O–H groups in total. The summed E-state index contributed by atoms with van der Waals surface area (Å²) in [7, 11) is 0. The molecule has 0 saturated heterocycles. The highest BCUT2D eigenvalue weighted by atomic mass is 16.3. The summed E-state index contributed by atoms with van der Waals surface area (Å²) in [5.74, 6) is -0.652. The van der Waals surface area contributed by atoms with Gasteiger partial charge in [0.15, 0.2) is 17.3 Å². The first kappa shape index (κ1) is 36.8. The molecule has 0 bridgehead atoms. The summed E-state index contributed by atoms with van der Waals surface area (Å²) < 4.78 is 0. The summed E-state index contributed by atoms with van der Waals surface area (Å²) in [5, 5.41) is 15.1. The molecule has 0 aliphatic heterocycles. The van der Waals surface area contributed by atoms with Crippen LogP contribution in [0.1, 0.15) is 76.1 Å². The predicted octanol–water partition coefficient (Wildman–Crippen LogP) is 12.8. The van der Waals surface area contributed by atoms with Gasteiger partial charge in [-0.3, -0.25) is 14.4 Å². The van der Waals surface area contributed by atoms with Crippen LogP contribution in [0.15, 0.2) is 205 Å². The number of ketones is 3. The third kappa shape index (κ3) is 5.55. The van der Waals surface area contributed by atoms with Crippen molar-refractivity contribution in [3.05, 3.63) is 261 Å². The lowest BCUT2D eigenvalue weighted by Crippen LogP contribution is -2.28. The van der Waals surface area contributed by atoms with E-state index in [4.69, 9.17) is 0 Å². The number of hydrogen-bond donors (Lipinski definition) is 1. The first-order valence-corrected chi connectivity index (χ1v) is 21.2. The SMILES string of the molecule is O=C1C(=Cc2ccc3c(c2)C(c2ccccc2)(c2ccccc2)c2cc(-c4ccc(/C=C5/C(=O)c6cc7ccccc7cc6C5O)cc4)ccc2-3)C(=O)c2cc3ccccc3cc21. The Morgan fingerprint density at radius 2 is 0.873 bits per heavy atom. The lowest BCUT2D eigenvalue weighted by molar-refractivity contribution is 0.0986. The van der Waals surface area contributed by atoms with Gasteiger partial charge in [-0.1, -0.05) is 158 Å². The Bertz CT molecular complexity index is 3410. The molecule has 0 spiro atoms. The van der Waals surface area contributed by atoms with Crippen LogP contribution >= 0.6 is 0 Å². The van der Waals surface area contributed by atoms with Gasteiger partial charge in [-0.25, -0.2) is 0 Å². The van der Waals surface area contributed by atoms with Gasteiger partial charge in [0.1, 0.15) is 6.10 Å². The van der Waals surface area contributed by atoms with Crippen molar-refractivity contribution in [2.24, 2.45) is 0 Å². The maximum Gasteiger partial charge on any atom is 0.197 e. The Hall–Kier alpha value is -8.05. The van der Waals surface area contributed by atoms with Gasteiger partial charge in [0.05, 0.1) is 11.0 Å². The molecule has 0 amide bonds. The van der Waals surface area contributed by atoms with Crippen molar-refractivity contribution in [3.63, 3.8) is 0 Å². The molecule has 4 nitrogen and oxygen atoms in total. The lowest BCUT2D eigenvalue weighted by Gasteiger charge is -2.34. The minimum Gasteiger partial charge on any atom is -0.383 e. The average molecular weight is 809 g/mol. The minimum absolute atomic E-state index is 0.150. The Kier molecular flexibility index (Phi) is 8.17. The van der Waals surface area contributed by atoms with E-state index < -0.39 is 11.5 Å². The maximum absolute atomic E-state index is 13.9. The number of allylic oxidation sites excluding steroid dienone is 1. The molecule has 63 heavy (non-hydrogen) atoms. The van der Waals surface area contributed by atoms with Crippen LogP contribution in [0, 0.1) is 0 Å². The van der Waals surface area contributed by atoms with Gasteiger partial charge in [-0.15, -0.1) is 0 Å². The molecule has 1 atom stereocenters. The lowest BCUT2D eigenvalue weighted by atomic mass is 9.67. The summed E-state index contributed by atoms with van der Waals surface area (Å²) in [5.41, 5.74) is 12.1. The van der Waals surface area contributed by atoms with Crippen molar-refractivity contribution in [1.29, 1.82) is 0 Å². The van der Waals surface area contributed by atoms with E-state index in [1.807, 2.05) is 103 Å². The summed E-state index contributed by atoms with van der Waals surface area (Å²) in [6, 6.07) is 65.3. The van der Waals surface area contributed by atoms with Gasteiger partial charge in [0.2, 0.25) is 0 Å². The van der Waals surface area contributed by atoms with Gasteiger partial charge < -0.3 is 5.11 Å². The second-order valence-corrected chi connectivity index (χ2v) is 16.7. The van der Waals surface area contributed by atoms with Crippen LogP contribution < -0.4 is 0 Å². The number of rotatable bonds is 5. The van der Waals surface area contributed by atoms with Crippen LogP contribution in [0.25, 0.3) is 56.0 Å². The quantitative estimate of drug-likeness (QED) is 0.139. The maximum atomic E-state index is 13.9. The second kappa shape index (κ2) is 14.0. The molecular weight excluding hydrogens is 773 g/mol. The molecule has 0 aromatic heterocycles. The molecule has 4 heteroatoms. The highest BCUT2D eigenvalue weighted by Gasteiger charge is 2.46. The van der Waals surface area contributed by atoms with Crippen molar-refractivity contribution < 1.29 is 19.5 Å². The Balaban J connectivity index is 0.955. The van der Waals surface area contributed by atoms with Gasteiger partial charge in [0, 0.05) is 22.3 Å². The van der Waals surface area contributed by atoms with E-state index in [0.717, 1.165) is 77.2 Å². The zero-order chi connectivity index (χ0) is 42.4. The second-order valence-electron chi connectivity index (χ2n) is 16.7. The van der Waals surface area contributed by atoms with Crippen LogP contribution in [0.5, 0.6) is 0 Å². The molecule has 9 aromatic carbocycles. The van der Waals surface area contributed by atoms with E-state index in [1.165, 1.54) is 0 Å². The van der Waals surface area contributed by atoms with Crippen molar-refractivity contribution in [2.45, 2.75) is 11.5 Å². The number of fused-ring (bicyclic) bond motifs is 7. The van der Waals surface area contributed by atoms with Crippen molar-refractivity contribution in [3.8, 4) is 22.3 Å². The van der Waals surface area contributed by atoms with E-state index in [9.17, 15) is 19.5 Å². The van der Waals surface area contributed by atoms with Crippen LogP contribution in [0.2, 0.25) is 0 Å². The molecule has 12 rings (SSSR count). The summed E-state index contributed by atoms with van der Waals surface area (Å²) in [6.07, 6.45) is 2.57. The third-order valence-corrected chi connectivity index (χ3v) is 13.3. The van der Waals surface area contributed by atoms with Crippen molar-refractivity contribution in [1.82, 2.24) is 0 Å². The first-order valence-electron chi connectivity index (χ1n) is 21.2. The average Bonchev–Trinajstić information content (AvgIpc) is 3.84. The fourth-order valence-corrected chi connectivity index (χ4v) is 10.3. The summed E-state index contributed by atoms with van der Waals surface area (Å²) in [4.78, 5) is 41.4. The van der Waals surface area contributed by atoms with E-state index in [-0.39, 0.29) is 22.9 Å². The van der Waals surface area contributed by atoms with Gasteiger partial charge in [-0.05, 0) is 131 Å². The molecule has 3 aliphatic rings. The number of aliphatic hydroxyl groups excluding tert-OH is 1. The van der Waals surface area contributed by atoms with E-state index >= 15 is 0 Å². The number of benzene rings is 9. The number of hydrogen-bond acceptors (Lipinski definition) is 4. The third-order valence-electron chi connectivity index (χ3n) is 13.3. The van der Waals surface area contributed by atoms with Crippen molar-refractivity contribution in [2.75, 3.05) is 0 Å². The molecule has 0 fully saturated rings. The van der Waals surface area contributed by atoms with Gasteiger partial charge in [0.25, 0.3) is 0 Å². The standard InChI is InChI=1S/C59H36O4/c60-55-47-30-38-11-7-8-12-39(38)31-48(47)56(61)51(55)27-35-19-22-37(23-20-35)42-24-26-46-45-25-21-36(28-52-57(62)49-32-40-13-9-10-14-41(40)33-50(49)58(52)63)29-53(45)59(54(46)34-42,43-15-3-1-4-16-43)44-17-5-2-6-18-44/h1-34,55,60H/b51-27+. The van der Waals surface area contributed by atoms with Crippen LogP contribution in [0.3, 0.4) is 0 Å². The number of Topliss-reactive ketones (excluding diaryl/α,β-unsaturated/α-hetero) is 3. The van der Waals surface area contributed by atoms with E-state index in [1.54, 1.807) is 12.2 Å². The largest absolute Gasteiger partial charge is 0.383 e. The molecule has 0 heterocycles. The monoisotopic (exact) mass is 808 g/mol. The Morgan fingerprint density at radius 3 is 1.46 bits per heavy atom. The van der Waals surface area contributed by atoms with Crippen LogP contribution in [-0.2, 0) is 5.41 Å². The minimum atomic E-state index is -0.994.